The van der Waals surface area contributed by atoms with Crippen molar-refractivity contribution in [3.8, 4) is 0 Å². The van der Waals surface area contributed by atoms with Crippen LogP contribution in [0, 0.1) is 0 Å². The van der Waals surface area contributed by atoms with E-state index in [1.807, 2.05) is 43.3 Å². The van der Waals surface area contributed by atoms with Crippen molar-refractivity contribution in [2.75, 3.05) is 6.54 Å². The maximum absolute atomic E-state index is 10.8. The largest absolute Gasteiger partial charge is 0.377 e. The van der Waals surface area contributed by atoms with Crippen LogP contribution in [0.15, 0.2) is 42.6 Å². The Morgan fingerprint density at radius 2 is 2.00 bits per heavy atom. The van der Waals surface area contributed by atoms with E-state index in [2.05, 4.69) is 5.10 Å². The van der Waals surface area contributed by atoms with Crippen LogP contribution in [-0.2, 0) is 12.1 Å². The van der Waals surface area contributed by atoms with Gasteiger partial charge in [-0.2, -0.15) is 5.10 Å². The summed E-state index contributed by atoms with van der Waals surface area (Å²) in [5.74, 6) is 0. The second kappa shape index (κ2) is 4.69. The van der Waals surface area contributed by atoms with Gasteiger partial charge in [-0.05, 0) is 18.6 Å². The molecule has 0 aliphatic heterocycles. The number of nitrogens with zero attached hydrogens (tertiary/aromatic N) is 2. The highest BCUT2D eigenvalue weighted by Crippen LogP contribution is 2.28. The minimum atomic E-state index is -1.17. The van der Waals surface area contributed by atoms with Gasteiger partial charge in [-0.25, -0.2) is 0 Å². The van der Waals surface area contributed by atoms with Gasteiger partial charge in [-0.1, -0.05) is 30.3 Å². The summed E-state index contributed by atoms with van der Waals surface area (Å²) in [5.41, 5.74) is 6.11. The van der Waals surface area contributed by atoms with Gasteiger partial charge in [0.2, 0.25) is 0 Å². The van der Waals surface area contributed by atoms with Crippen LogP contribution in [-0.4, -0.2) is 21.4 Å². The first kappa shape index (κ1) is 11.8. The van der Waals surface area contributed by atoms with Crippen molar-refractivity contribution in [2.24, 2.45) is 5.73 Å². The molecule has 2 rings (SSSR count). The van der Waals surface area contributed by atoms with Crippen LogP contribution in [0.25, 0.3) is 0 Å². The molecule has 0 fully saturated rings. The topological polar surface area (TPSA) is 64.1 Å². The zero-order valence-electron chi connectivity index (χ0n) is 9.87. The Hall–Kier alpha value is -1.65. The number of aliphatic hydroxyl groups is 1. The molecule has 4 nitrogen and oxygen atoms in total. The number of nitrogens with two attached hydrogens (primary N) is 1. The number of benzene rings is 1. The summed E-state index contributed by atoms with van der Waals surface area (Å²) in [5, 5.41) is 15.0. The third-order valence-corrected chi connectivity index (χ3v) is 2.99. The van der Waals surface area contributed by atoms with Crippen molar-refractivity contribution in [1.82, 2.24) is 9.78 Å². The fourth-order valence-corrected chi connectivity index (χ4v) is 2.02. The Labute approximate surface area is 101 Å². The number of hydrogen-bond donors (Lipinski definition) is 2. The number of rotatable bonds is 4. The summed E-state index contributed by atoms with van der Waals surface area (Å²) in [6, 6.07) is 11.3. The van der Waals surface area contributed by atoms with Gasteiger partial charge in [0.25, 0.3) is 0 Å². The lowest BCUT2D eigenvalue weighted by atomic mass is 9.90. The quantitative estimate of drug-likeness (QED) is 0.828. The monoisotopic (exact) mass is 231 g/mol. The second-order valence-electron chi connectivity index (χ2n) is 3.96. The van der Waals surface area contributed by atoms with Crippen LogP contribution >= 0.6 is 0 Å². The summed E-state index contributed by atoms with van der Waals surface area (Å²) < 4.78 is 1.76. The van der Waals surface area contributed by atoms with Gasteiger partial charge in [-0.15, -0.1) is 0 Å². The van der Waals surface area contributed by atoms with Crippen LogP contribution in [0.3, 0.4) is 0 Å². The van der Waals surface area contributed by atoms with Crippen LogP contribution in [0.5, 0.6) is 0 Å². The van der Waals surface area contributed by atoms with E-state index in [0.29, 0.717) is 6.54 Å². The molecule has 3 N–H and O–H groups in total. The van der Waals surface area contributed by atoms with Crippen LogP contribution < -0.4 is 5.73 Å². The molecule has 1 aromatic carbocycles. The number of hydrogen-bond acceptors (Lipinski definition) is 3. The lowest BCUT2D eigenvalue weighted by molar-refractivity contribution is 0.0801. The maximum Gasteiger partial charge on any atom is 0.143 e. The van der Waals surface area contributed by atoms with E-state index in [1.165, 1.54) is 0 Å². The number of aryl methyl sites for hydroxylation is 1. The van der Waals surface area contributed by atoms with E-state index in [-0.39, 0.29) is 6.54 Å². The SMILES string of the molecule is CCn1nccc1C(O)(CN)c1ccccc1. The van der Waals surface area contributed by atoms with E-state index in [1.54, 1.807) is 10.9 Å². The van der Waals surface area contributed by atoms with Crippen LogP contribution in [0.1, 0.15) is 18.2 Å². The molecule has 0 aliphatic carbocycles. The molecule has 0 saturated carbocycles. The van der Waals surface area contributed by atoms with Gasteiger partial charge < -0.3 is 10.8 Å². The highest BCUT2D eigenvalue weighted by atomic mass is 16.3. The smallest absolute Gasteiger partial charge is 0.143 e. The van der Waals surface area contributed by atoms with Gasteiger partial charge in [0.15, 0.2) is 0 Å². The summed E-state index contributed by atoms with van der Waals surface area (Å²) >= 11 is 0. The molecular weight excluding hydrogens is 214 g/mol. The fraction of sp³-hybridized carbons (Fsp3) is 0.308. The lowest BCUT2D eigenvalue weighted by Crippen LogP contribution is -2.38. The van der Waals surface area contributed by atoms with Gasteiger partial charge >= 0.3 is 0 Å². The Morgan fingerprint density at radius 3 is 2.59 bits per heavy atom. The van der Waals surface area contributed by atoms with Crippen molar-refractivity contribution in [2.45, 2.75) is 19.1 Å². The van der Waals surface area contributed by atoms with Crippen molar-refractivity contribution < 1.29 is 5.11 Å². The summed E-state index contributed by atoms with van der Waals surface area (Å²) in [6.45, 7) is 2.82. The van der Waals surface area contributed by atoms with E-state index >= 15 is 0 Å². The van der Waals surface area contributed by atoms with Gasteiger partial charge in [0.1, 0.15) is 5.60 Å². The first-order valence-corrected chi connectivity index (χ1v) is 5.72. The highest BCUT2D eigenvalue weighted by Gasteiger charge is 2.32. The molecule has 0 saturated heterocycles. The van der Waals surface area contributed by atoms with Gasteiger partial charge in [0.05, 0.1) is 5.69 Å². The van der Waals surface area contributed by atoms with Crippen molar-refractivity contribution in [1.29, 1.82) is 0 Å². The van der Waals surface area contributed by atoms with Crippen molar-refractivity contribution >= 4 is 0 Å². The minimum Gasteiger partial charge on any atom is -0.377 e. The van der Waals surface area contributed by atoms with E-state index < -0.39 is 5.60 Å². The molecule has 1 heterocycles. The molecule has 1 atom stereocenters. The van der Waals surface area contributed by atoms with Gasteiger partial charge in [0, 0.05) is 19.3 Å². The minimum absolute atomic E-state index is 0.128. The molecule has 0 spiro atoms. The molecule has 2 aromatic rings. The van der Waals surface area contributed by atoms with Crippen molar-refractivity contribution in [3.05, 3.63) is 53.9 Å². The van der Waals surface area contributed by atoms with E-state index in [0.717, 1.165) is 11.3 Å². The standard InChI is InChI=1S/C13H17N3O/c1-2-16-12(8-9-15-16)13(17,10-14)11-6-4-3-5-7-11/h3-9,17H,2,10,14H2,1H3. The van der Waals surface area contributed by atoms with Crippen LogP contribution in [0.2, 0.25) is 0 Å². The third kappa shape index (κ3) is 1.97. The molecule has 90 valence electrons. The average molecular weight is 231 g/mol. The normalized spacial score (nSPS) is 14.5. The number of aromatic nitrogens is 2. The van der Waals surface area contributed by atoms with E-state index in [4.69, 9.17) is 5.73 Å². The first-order chi connectivity index (χ1) is 8.22. The molecule has 0 bridgehead atoms. The second-order valence-corrected chi connectivity index (χ2v) is 3.96. The maximum atomic E-state index is 10.8. The predicted molar refractivity (Wildman–Crippen MR) is 66.4 cm³/mol. The first-order valence-electron chi connectivity index (χ1n) is 5.72. The van der Waals surface area contributed by atoms with Crippen LogP contribution in [0.4, 0.5) is 0 Å². The van der Waals surface area contributed by atoms with Gasteiger partial charge in [-0.3, -0.25) is 4.68 Å². The third-order valence-electron chi connectivity index (χ3n) is 2.99. The molecule has 0 radical (unpaired) electrons. The molecule has 4 heteroatoms. The molecule has 1 aromatic heterocycles. The summed E-state index contributed by atoms with van der Waals surface area (Å²) in [7, 11) is 0. The molecule has 0 amide bonds. The molecular formula is C13H17N3O. The molecule has 0 aliphatic rings. The zero-order valence-corrected chi connectivity index (χ0v) is 9.87. The Bertz CT molecular complexity index is 480. The van der Waals surface area contributed by atoms with Crippen molar-refractivity contribution in [3.63, 3.8) is 0 Å². The Morgan fingerprint density at radius 1 is 1.29 bits per heavy atom. The molecule has 17 heavy (non-hydrogen) atoms. The summed E-state index contributed by atoms with van der Waals surface area (Å²) in [4.78, 5) is 0. The summed E-state index contributed by atoms with van der Waals surface area (Å²) in [6.07, 6.45) is 1.68. The predicted octanol–water partition coefficient (Wildman–Crippen LogP) is 1.10. The Balaban J connectivity index is 2.52. The Kier molecular flexibility index (Phi) is 3.26. The fourth-order valence-electron chi connectivity index (χ4n) is 2.02. The lowest BCUT2D eigenvalue weighted by Gasteiger charge is -2.27. The highest BCUT2D eigenvalue weighted by molar-refractivity contribution is 5.32. The molecule has 1 unspecified atom stereocenters. The van der Waals surface area contributed by atoms with E-state index in [9.17, 15) is 5.11 Å². The zero-order chi connectivity index (χ0) is 12.3. The average Bonchev–Trinajstić information content (AvgIpc) is 2.87.